The summed E-state index contributed by atoms with van der Waals surface area (Å²) in [6, 6.07) is 9.39. The second kappa shape index (κ2) is 7.05. The van der Waals surface area contributed by atoms with Crippen molar-refractivity contribution in [1.29, 1.82) is 0 Å². The first-order chi connectivity index (χ1) is 11.6. The van der Waals surface area contributed by atoms with Gasteiger partial charge >= 0.3 is 6.03 Å². The minimum atomic E-state index is -0.307. The van der Waals surface area contributed by atoms with Crippen LogP contribution in [-0.4, -0.2) is 39.0 Å². The molecule has 1 aliphatic heterocycles. The smallest absolute Gasteiger partial charge is 0.323 e. The molecule has 0 aliphatic carbocycles. The van der Waals surface area contributed by atoms with Crippen LogP contribution >= 0.6 is 0 Å². The van der Waals surface area contributed by atoms with Crippen molar-refractivity contribution in [1.82, 2.24) is 14.7 Å². The normalized spacial score (nSPS) is 16.8. The highest BCUT2D eigenvalue weighted by Crippen LogP contribution is 2.29. The van der Waals surface area contributed by atoms with Gasteiger partial charge in [0, 0.05) is 19.7 Å². The maximum absolute atomic E-state index is 12.7. The minimum Gasteiger partial charge on any atom is -0.394 e. The number of amides is 2. The van der Waals surface area contributed by atoms with Crippen LogP contribution in [0.5, 0.6) is 0 Å². The summed E-state index contributed by atoms with van der Waals surface area (Å²) >= 11 is 0. The van der Waals surface area contributed by atoms with Crippen LogP contribution in [0.25, 0.3) is 0 Å². The molecule has 0 bridgehead atoms. The number of anilines is 1. The van der Waals surface area contributed by atoms with Crippen LogP contribution in [0.4, 0.5) is 10.6 Å². The number of aliphatic hydroxyl groups excluding tert-OH is 1. The topological polar surface area (TPSA) is 70.4 Å². The van der Waals surface area contributed by atoms with E-state index in [1.165, 1.54) is 5.56 Å². The van der Waals surface area contributed by atoms with Gasteiger partial charge in [-0.15, -0.1) is 0 Å². The number of rotatable bonds is 4. The molecule has 1 atom stereocenters. The number of benzene rings is 1. The van der Waals surface area contributed by atoms with Gasteiger partial charge in [-0.05, 0) is 24.0 Å². The number of nitrogens with one attached hydrogen (secondary N) is 1. The van der Waals surface area contributed by atoms with Crippen LogP contribution in [0.2, 0.25) is 0 Å². The number of nitrogens with zero attached hydrogens (tertiary/aromatic N) is 3. The van der Waals surface area contributed by atoms with Crippen molar-refractivity contribution in [2.75, 3.05) is 18.5 Å². The highest BCUT2D eigenvalue weighted by atomic mass is 16.3. The third-order valence-corrected chi connectivity index (χ3v) is 4.52. The predicted octanol–water partition coefficient (Wildman–Crippen LogP) is 2.50. The number of aromatic nitrogens is 2. The molecule has 6 heteroatoms. The zero-order valence-corrected chi connectivity index (χ0v) is 14.2. The van der Waals surface area contributed by atoms with Gasteiger partial charge in [0.2, 0.25) is 0 Å². The van der Waals surface area contributed by atoms with Crippen molar-refractivity contribution >= 4 is 11.8 Å². The summed E-state index contributed by atoms with van der Waals surface area (Å²) in [5.74, 6) is 0.680. The molecule has 1 unspecified atom stereocenters. The van der Waals surface area contributed by atoms with Crippen molar-refractivity contribution in [3.8, 4) is 0 Å². The first-order valence-electron chi connectivity index (χ1n) is 8.43. The van der Waals surface area contributed by atoms with Crippen molar-refractivity contribution in [3.63, 3.8) is 0 Å². The predicted molar refractivity (Wildman–Crippen MR) is 92.9 cm³/mol. The fraction of sp³-hybridized carbons (Fsp3) is 0.444. The standard InChI is InChI=1S/C18H24N4O2/c1-3-6-14-11-17(21(2)20-14)19-18(24)22-10-9-13-7-4-5-8-15(13)16(22)12-23/h4-5,7-8,11,16,23H,3,6,9-10,12H2,1-2H3,(H,19,24). The van der Waals surface area contributed by atoms with Gasteiger partial charge in [-0.1, -0.05) is 37.6 Å². The third-order valence-electron chi connectivity index (χ3n) is 4.52. The Bertz CT molecular complexity index is 726. The fourth-order valence-corrected chi connectivity index (χ4v) is 3.29. The van der Waals surface area contributed by atoms with Gasteiger partial charge in [-0.3, -0.25) is 10.00 Å². The van der Waals surface area contributed by atoms with Gasteiger partial charge in [-0.25, -0.2) is 4.79 Å². The maximum atomic E-state index is 12.7. The lowest BCUT2D eigenvalue weighted by atomic mass is 9.93. The molecular weight excluding hydrogens is 304 g/mol. The minimum absolute atomic E-state index is 0.0864. The molecule has 2 amide bonds. The molecule has 2 heterocycles. The molecule has 0 radical (unpaired) electrons. The van der Waals surface area contributed by atoms with Gasteiger partial charge < -0.3 is 10.0 Å². The molecule has 128 valence electrons. The second-order valence-electron chi connectivity index (χ2n) is 6.17. The second-order valence-corrected chi connectivity index (χ2v) is 6.17. The molecule has 0 spiro atoms. The van der Waals surface area contributed by atoms with E-state index in [-0.39, 0.29) is 18.7 Å². The maximum Gasteiger partial charge on any atom is 0.323 e. The molecule has 2 aromatic rings. The Kier molecular flexibility index (Phi) is 4.85. The third kappa shape index (κ3) is 3.14. The zero-order valence-electron chi connectivity index (χ0n) is 14.2. The van der Waals surface area contributed by atoms with E-state index >= 15 is 0 Å². The molecule has 0 saturated heterocycles. The molecule has 24 heavy (non-hydrogen) atoms. The zero-order chi connectivity index (χ0) is 17.1. The number of hydrogen-bond acceptors (Lipinski definition) is 3. The van der Waals surface area contributed by atoms with Crippen LogP contribution in [0.15, 0.2) is 30.3 Å². The quantitative estimate of drug-likeness (QED) is 0.906. The van der Waals surface area contributed by atoms with Crippen LogP contribution < -0.4 is 5.32 Å². The van der Waals surface area contributed by atoms with E-state index < -0.39 is 0 Å². The van der Waals surface area contributed by atoms with Crippen molar-refractivity contribution < 1.29 is 9.90 Å². The van der Waals surface area contributed by atoms with E-state index in [1.807, 2.05) is 31.3 Å². The van der Waals surface area contributed by atoms with E-state index in [9.17, 15) is 9.90 Å². The molecule has 1 aliphatic rings. The lowest BCUT2D eigenvalue weighted by Gasteiger charge is -2.36. The molecule has 6 nitrogen and oxygen atoms in total. The molecule has 0 fully saturated rings. The van der Waals surface area contributed by atoms with E-state index in [0.29, 0.717) is 12.4 Å². The monoisotopic (exact) mass is 328 g/mol. The van der Waals surface area contributed by atoms with Crippen LogP contribution in [0, 0.1) is 0 Å². The number of carbonyl (C=O) groups excluding carboxylic acids is 1. The number of carbonyl (C=O) groups is 1. The van der Waals surface area contributed by atoms with Gasteiger partial charge in [0.15, 0.2) is 0 Å². The van der Waals surface area contributed by atoms with Gasteiger partial charge in [0.25, 0.3) is 0 Å². The van der Waals surface area contributed by atoms with Gasteiger partial charge in [0.1, 0.15) is 5.82 Å². The van der Waals surface area contributed by atoms with Gasteiger partial charge in [-0.2, -0.15) is 5.10 Å². The van der Waals surface area contributed by atoms with E-state index in [1.54, 1.807) is 9.58 Å². The Morgan fingerprint density at radius 3 is 2.96 bits per heavy atom. The Morgan fingerprint density at radius 1 is 1.42 bits per heavy atom. The Hall–Kier alpha value is -2.34. The van der Waals surface area contributed by atoms with E-state index in [2.05, 4.69) is 23.4 Å². The molecule has 3 rings (SSSR count). The highest BCUT2D eigenvalue weighted by molar-refractivity contribution is 5.89. The lowest BCUT2D eigenvalue weighted by Crippen LogP contribution is -2.44. The Balaban J connectivity index is 1.78. The highest BCUT2D eigenvalue weighted by Gasteiger charge is 2.30. The average molecular weight is 328 g/mol. The first kappa shape index (κ1) is 16.5. The van der Waals surface area contributed by atoms with E-state index in [4.69, 9.17) is 0 Å². The van der Waals surface area contributed by atoms with Crippen LogP contribution in [0.3, 0.4) is 0 Å². The fourth-order valence-electron chi connectivity index (χ4n) is 3.29. The average Bonchev–Trinajstić information content (AvgIpc) is 2.93. The Labute approximate surface area is 142 Å². The summed E-state index contributed by atoms with van der Waals surface area (Å²) in [4.78, 5) is 14.4. The number of fused-ring (bicyclic) bond motifs is 1. The van der Waals surface area contributed by atoms with Crippen molar-refractivity contribution in [3.05, 3.63) is 47.2 Å². The molecule has 1 aromatic carbocycles. The number of hydrogen-bond donors (Lipinski definition) is 2. The lowest BCUT2D eigenvalue weighted by molar-refractivity contribution is 0.135. The summed E-state index contributed by atoms with van der Waals surface area (Å²) in [5, 5.41) is 17.2. The van der Waals surface area contributed by atoms with E-state index in [0.717, 1.165) is 30.5 Å². The SMILES string of the molecule is CCCc1cc(NC(=O)N2CCc3ccccc3C2CO)n(C)n1. The largest absolute Gasteiger partial charge is 0.394 e. The van der Waals surface area contributed by atoms with Crippen LogP contribution in [0.1, 0.15) is 36.2 Å². The van der Waals surface area contributed by atoms with Crippen molar-refractivity contribution in [2.24, 2.45) is 7.05 Å². The van der Waals surface area contributed by atoms with Crippen molar-refractivity contribution in [2.45, 2.75) is 32.2 Å². The molecule has 0 saturated carbocycles. The summed E-state index contributed by atoms with van der Waals surface area (Å²) in [6.45, 7) is 2.61. The summed E-state index contributed by atoms with van der Waals surface area (Å²) in [6.07, 6.45) is 2.70. The summed E-state index contributed by atoms with van der Waals surface area (Å²) in [7, 11) is 1.82. The van der Waals surface area contributed by atoms with Crippen LogP contribution in [-0.2, 0) is 19.9 Å². The first-order valence-corrected chi connectivity index (χ1v) is 8.43. The van der Waals surface area contributed by atoms with Gasteiger partial charge in [0.05, 0.1) is 18.3 Å². The summed E-state index contributed by atoms with van der Waals surface area (Å²) < 4.78 is 1.69. The molecular formula is C18H24N4O2. The summed E-state index contributed by atoms with van der Waals surface area (Å²) in [5.41, 5.74) is 3.20. The Morgan fingerprint density at radius 2 is 2.21 bits per heavy atom. The molecule has 1 aromatic heterocycles. The molecule has 2 N–H and O–H groups in total. The number of aliphatic hydroxyl groups is 1. The number of aryl methyl sites for hydroxylation is 2. The number of urea groups is 1.